The normalized spacial score (nSPS) is 21.1. The molecule has 0 aromatic heterocycles. The maximum atomic E-state index is 13.7. The first-order valence-corrected chi connectivity index (χ1v) is 11.9. The quantitative estimate of drug-likeness (QED) is 0.554. The molecule has 2 aliphatic heterocycles. The fourth-order valence-electron chi connectivity index (χ4n) is 5.28. The number of hydrogen-bond donors (Lipinski definition) is 0. The van der Waals surface area contributed by atoms with Crippen LogP contribution in [0.15, 0.2) is 78.9 Å². The van der Waals surface area contributed by atoms with Crippen LogP contribution in [0, 0.1) is 17.6 Å². The summed E-state index contributed by atoms with van der Waals surface area (Å²) in [6.45, 7) is 5.83. The molecule has 2 atom stereocenters. The van der Waals surface area contributed by atoms with E-state index in [4.69, 9.17) is 0 Å². The van der Waals surface area contributed by atoms with Gasteiger partial charge in [0, 0.05) is 63.0 Å². The first-order valence-electron chi connectivity index (χ1n) is 11.9. The highest BCUT2D eigenvalue weighted by molar-refractivity contribution is 5.94. The minimum absolute atomic E-state index is 0.107. The fourth-order valence-corrected chi connectivity index (χ4v) is 5.28. The molecule has 4 nitrogen and oxygen atoms in total. The molecule has 3 aromatic rings. The van der Waals surface area contributed by atoms with E-state index < -0.39 is 0 Å². The largest absolute Gasteiger partial charge is 0.369 e. The van der Waals surface area contributed by atoms with E-state index in [-0.39, 0.29) is 23.5 Å². The van der Waals surface area contributed by atoms with E-state index in [0.29, 0.717) is 24.6 Å². The minimum Gasteiger partial charge on any atom is -0.369 e. The maximum Gasteiger partial charge on any atom is 0.253 e. The number of carbonyl (C=O) groups excluding carboxylic acids is 1. The van der Waals surface area contributed by atoms with Gasteiger partial charge in [0.05, 0.1) is 0 Å². The van der Waals surface area contributed by atoms with Crippen LogP contribution in [0.3, 0.4) is 0 Å². The highest BCUT2D eigenvalue weighted by atomic mass is 19.1. The molecule has 34 heavy (non-hydrogen) atoms. The number of likely N-dealkylation sites (tertiary alicyclic amines) is 1. The van der Waals surface area contributed by atoms with Crippen molar-refractivity contribution in [1.82, 2.24) is 9.80 Å². The molecule has 0 spiro atoms. The summed E-state index contributed by atoms with van der Waals surface area (Å²) in [6, 6.07) is 23.0. The zero-order valence-electron chi connectivity index (χ0n) is 19.1. The Hall–Kier alpha value is -3.25. The van der Waals surface area contributed by atoms with Crippen molar-refractivity contribution in [2.45, 2.75) is 5.92 Å². The van der Waals surface area contributed by atoms with Gasteiger partial charge in [0.15, 0.2) is 0 Å². The van der Waals surface area contributed by atoms with Crippen molar-refractivity contribution in [2.75, 3.05) is 50.7 Å². The lowest BCUT2D eigenvalue weighted by atomic mass is 9.88. The van der Waals surface area contributed by atoms with Gasteiger partial charge >= 0.3 is 0 Å². The molecule has 0 bridgehead atoms. The van der Waals surface area contributed by atoms with Crippen LogP contribution in [0.25, 0.3) is 0 Å². The van der Waals surface area contributed by atoms with Gasteiger partial charge in [0.25, 0.3) is 5.91 Å². The summed E-state index contributed by atoms with van der Waals surface area (Å²) in [5.74, 6) is -0.164. The molecule has 5 rings (SSSR count). The van der Waals surface area contributed by atoms with E-state index in [9.17, 15) is 13.6 Å². The van der Waals surface area contributed by atoms with Gasteiger partial charge in [-0.1, -0.05) is 36.4 Å². The van der Waals surface area contributed by atoms with Crippen molar-refractivity contribution in [3.63, 3.8) is 0 Å². The predicted molar refractivity (Wildman–Crippen MR) is 130 cm³/mol. The third-order valence-corrected chi connectivity index (χ3v) is 7.08. The van der Waals surface area contributed by atoms with Crippen LogP contribution in [0.1, 0.15) is 21.8 Å². The third kappa shape index (κ3) is 4.97. The molecule has 176 valence electrons. The summed E-state index contributed by atoms with van der Waals surface area (Å²) >= 11 is 0. The van der Waals surface area contributed by atoms with Crippen LogP contribution in [0.5, 0.6) is 0 Å². The van der Waals surface area contributed by atoms with Gasteiger partial charge < -0.3 is 9.80 Å². The zero-order valence-corrected chi connectivity index (χ0v) is 19.1. The van der Waals surface area contributed by atoms with Crippen molar-refractivity contribution in [3.05, 3.63) is 102 Å². The van der Waals surface area contributed by atoms with Crippen molar-refractivity contribution in [1.29, 1.82) is 0 Å². The Morgan fingerprint density at radius 2 is 1.53 bits per heavy atom. The molecule has 6 heteroatoms. The Bertz CT molecular complexity index is 1110. The SMILES string of the molecule is O=C(c1cccc(F)c1)N1CC(CN2CCN(c3ccc(F)cc3)CC2)C(c2ccccc2)C1. The van der Waals surface area contributed by atoms with Crippen molar-refractivity contribution in [3.8, 4) is 0 Å². The van der Waals surface area contributed by atoms with Crippen molar-refractivity contribution < 1.29 is 13.6 Å². The average molecular weight is 462 g/mol. The Morgan fingerprint density at radius 1 is 0.794 bits per heavy atom. The highest BCUT2D eigenvalue weighted by Crippen LogP contribution is 2.34. The average Bonchev–Trinajstić information content (AvgIpc) is 3.29. The maximum absolute atomic E-state index is 13.7. The van der Waals surface area contributed by atoms with E-state index in [1.165, 1.54) is 29.8 Å². The summed E-state index contributed by atoms with van der Waals surface area (Å²) in [4.78, 5) is 19.8. The van der Waals surface area contributed by atoms with Crippen molar-refractivity contribution in [2.24, 2.45) is 5.92 Å². The summed E-state index contributed by atoms with van der Waals surface area (Å²) in [5, 5.41) is 0. The predicted octanol–water partition coefficient (Wildman–Crippen LogP) is 4.64. The minimum atomic E-state index is -0.389. The van der Waals surface area contributed by atoms with Gasteiger partial charge in [-0.15, -0.1) is 0 Å². The summed E-state index contributed by atoms with van der Waals surface area (Å²) in [7, 11) is 0. The molecule has 2 fully saturated rings. The number of nitrogens with zero attached hydrogens (tertiary/aromatic N) is 3. The number of amides is 1. The molecule has 3 aromatic carbocycles. The number of piperazine rings is 1. The summed E-state index contributed by atoms with van der Waals surface area (Å²) in [6.07, 6.45) is 0. The number of carbonyl (C=O) groups is 1. The second kappa shape index (κ2) is 9.94. The monoisotopic (exact) mass is 461 g/mol. The Kier molecular flexibility index (Phi) is 6.59. The van der Waals surface area contributed by atoms with Crippen LogP contribution in [0.2, 0.25) is 0 Å². The van der Waals surface area contributed by atoms with Gasteiger partial charge in [-0.25, -0.2) is 8.78 Å². The van der Waals surface area contributed by atoms with Crippen LogP contribution >= 0.6 is 0 Å². The molecule has 2 saturated heterocycles. The molecular weight excluding hydrogens is 432 g/mol. The molecular formula is C28H29F2N3O. The lowest BCUT2D eigenvalue weighted by molar-refractivity contribution is 0.0782. The number of anilines is 1. The lowest BCUT2D eigenvalue weighted by Gasteiger charge is -2.37. The Morgan fingerprint density at radius 3 is 2.24 bits per heavy atom. The number of halogens is 2. The standard InChI is InChI=1S/C28H29F2N3O/c29-24-9-11-26(12-10-24)32-15-13-31(14-16-32)18-23-19-33(20-27(23)21-5-2-1-3-6-21)28(34)22-7-4-8-25(30)17-22/h1-12,17,23,27H,13-16,18-20H2. The number of benzene rings is 3. The molecule has 1 amide bonds. The Labute approximate surface area is 199 Å². The van der Waals surface area contributed by atoms with Crippen molar-refractivity contribution >= 4 is 11.6 Å². The van der Waals surface area contributed by atoms with Crippen LogP contribution in [-0.4, -0.2) is 61.5 Å². The third-order valence-electron chi connectivity index (χ3n) is 7.08. The van der Waals surface area contributed by atoms with Crippen LogP contribution in [-0.2, 0) is 0 Å². The Balaban J connectivity index is 1.27. The molecule has 2 unspecified atom stereocenters. The summed E-state index contributed by atoms with van der Waals surface area (Å²) in [5.41, 5.74) is 2.70. The van der Waals surface area contributed by atoms with Gasteiger partial charge in [-0.3, -0.25) is 9.69 Å². The molecule has 0 saturated carbocycles. The van der Waals surface area contributed by atoms with E-state index >= 15 is 0 Å². The fraction of sp³-hybridized carbons (Fsp3) is 0.321. The first-order chi connectivity index (χ1) is 16.6. The van der Waals surface area contributed by atoms with Gasteiger partial charge in [0.1, 0.15) is 11.6 Å². The zero-order chi connectivity index (χ0) is 23.5. The molecule has 0 aliphatic carbocycles. The van der Waals surface area contributed by atoms with Gasteiger partial charge in [-0.2, -0.15) is 0 Å². The molecule has 2 heterocycles. The van der Waals surface area contributed by atoms with Gasteiger partial charge in [0.2, 0.25) is 0 Å². The molecule has 0 radical (unpaired) electrons. The second-order valence-electron chi connectivity index (χ2n) is 9.26. The smallest absolute Gasteiger partial charge is 0.253 e. The summed E-state index contributed by atoms with van der Waals surface area (Å²) < 4.78 is 27.0. The van der Waals surface area contributed by atoms with E-state index in [1.54, 1.807) is 12.1 Å². The van der Waals surface area contributed by atoms with E-state index in [0.717, 1.165) is 38.4 Å². The van der Waals surface area contributed by atoms with Crippen LogP contribution in [0.4, 0.5) is 14.5 Å². The number of rotatable bonds is 5. The van der Waals surface area contributed by atoms with E-state index in [1.807, 2.05) is 35.2 Å². The number of hydrogen-bond acceptors (Lipinski definition) is 3. The first kappa shape index (κ1) is 22.5. The lowest BCUT2D eigenvalue weighted by Crippen LogP contribution is -2.48. The van der Waals surface area contributed by atoms with Gasteiger partial charge in [-0.05, 0) is 53.9 Å². The second-order valence-corrected chi connectivity index (χ2v) is 9.26. The van der Waals surface area contributed by atoms with Crippen LogP contribution < -0.4 is 4.90 Å². The van der Waals surface area contributed by atoms with E-state index in [2.05, 4.69) is 21.9 Å². The molecule has 2 aliphatic rings. The highest BCUT2D eigenvalue weighted by Gasteiger charge is 2.37. The topological polar surface area (TPSA) is 26.8 Å². The molecule has 0 N–H and O–H groups in total.